The molecule has 0 radical (unpaired) electrons. The fourth-order valence-electron chi connectivity index (χ4n) is 1.98. The predicted octanol–water partition coefficient (Wildman–Crippen LogP) is 1.67. The molecule has 4 N–H and O–H groups in total. The molecular formula is C15H24N2O2. The molecule has 0 atom stereocenters. The molecule has 0 saturated carbocycles. The Balaban J connectivity index is 2.38. The van der Waals surface area contributed by atoms with Gasteiger partial charge in [0.1, 0.15) is 0 Å². The van der Waals surface area contributed by atoms with E-state index < -0.39 is 5.91 Å². The molecule has 0 fully saturated rings. The van der Waals surface area contributed by atoms with Crippen molar-refractivity contribution in [1.29, 1.82) is 0 Å². The van der Waals surface area contributed by atoms with Crippen LogP contribution in [-0.2, 0) is 6.54 Å². The van der Waals surface area contributed by atoms with Crippen molar-refractivity contribution >= 4 is 5.91 Å². The van der Waals surface area contributed by atoms with Gasteiger partial charge < -0.3 is 16.2 Å². The van der Waals surface area contributed by atoms with E-state index >= 15 is 0 Å². The van der Waals surface area contributed by atoms with E-state index in [2.05, 4.69) is 19.2 Å². The Morgan fingerprint density at radius 3 is 2.47 bits per heavy atom. The molecule has 0 unspecified atom stereocenters. The zero-order chi connectivity index (χ0) is 14.3. The van der Waals surface area contributed by atoms with Crippen molar-refractivity contribution < 1.29 is 9.90 Å². The molecule has 0 aliphatic carbocycles. The van der Waals surface area contributed by atoms with Gasteiger partial charge in [-0.05, 0) is 36.0 Å². The number of rotatable bonds is 8. The topological polar surface area (TPSA) is 75.3 Å². The van der Waals surface area contributed by atoms with Crippen LogP contribution < -0.4 is 11.1 Å². The van der Waals surface area contributed by atoms with Gasteiger partial charge in [0.15, 0.2) is 0 Å². The fraction of sp³-hybridized carbons (Fsp3) is 0.533. The molecular weight excluding hydrogens is 240 g/mol. The van der Waals surface area contributed by atoms with Gasteiger partial charge in [-0.25, -0.2) is 0 Å². The van der Waals surface area contributed by atoms with Crippen LogP contribution in [0.25, 0.3) is 0 Å². The molecule has 106 valence electrons. The van der Waals surface area contributed by atoms with E-state index in [1.165, 1.54) is 0 Å². The summed E-state index contributed by atoms with van der Waals surface area (Å²) in [5.74, 6) is -0.398. The third-order valence-electron chi connectivity index (χ3n) is 3.18. The molecule has 1 amide bonds. The van der Waals surface area contributed by atoms with Crippen LogP contribution in [0.1, 0.15) is 42.6 Å². The molecule has 0 aliphatic heterocycles. The Hall–Kier alpha value is -1.39. The lowest BCUT2D eigenvalue weighted by molar-refractivity contribution is 0.100. The van der Waals surface area contributed by atoms with E-state index in [-0.39, 0.29) is 12.0 Å². The monoisotopic (exact) mass is 264 g/mol. The minimum Gasteiger partial charge on any atom is -0.396 e. The number of aliphatic hydroxyl groups is 1. The summed E-state index contributed by atoms with van der Waals surface area (Å²) in [4.78, 5) is 10.9. The molecule has 0 aliphatic rings. The Morgan fingerprint density at radius 2 is 1.95 bits per heavy atom. The zero-order valence-corrected chi connectivity index (χ0v) is 11.8. The first-order valence-corrected chi connectivity index (χ1v) is 6.65. The highest BCUT2D eigenvalue weighted by Gasteiger charge is 2.16. The van der Waals surface area contributed by atoms with Crippen LogP contribution in [0.15, 0.2) is 24.3 Å². The maximum Gasteiger partial charge on any atom is 0.248 e. The van der Waals surface area contributed by atoms with E-state index in [0.717, 1.165) is 31.5 Å². The number of primary amides is 1. The normalized spacial score (nSPS) is 11.5. The SMILES string of the molecule is CC(C)(CCCO)CNCc1ccc(C(N)=O)cc1. The second-order valence-electron chi connectivity index (χ2n) is 5.66. The van der Waals surface area contributed by atoms with Crippen LogP contribution in [0.3, 0.4) is 0 Å². The molecule has 19 heavy (non-hydrogen) atoms. The molecule has 0 spiro atoms. The van der Waals surface area contributed by atoms with Crippen LogP contribution in [0, 0.1) is 5.41 Å². The van der Waals surface area contributed by atoms with Gasteiger partial charge in [-0.15, -0.1) is 0 Å². The minimum absolute atomic E-state index is 0.176. The number of carbonyl (C=O) groups is 1. The predicted molar refractivity (Wildman–Crippen MR) is 76.8 cm³/mol. The number of hydrogen-bond donors (Lipinski definition) is 3. The molecule has 0 bridgehead atoms. The van der Waals surface area contributed by atoms with Gasteiger partial charge in [-0.1, -0.05) is 26.0 Å². The first-order valence-electron chi connectivity index (χ1n) is 6.65. The van der Waals surface area contributed by atoms with Gasteiger partial charge in [0.25, 0.3) is 0 Å². The maximum atomic E-state index is 10.9. The van der Waals surface area contributed by atoms with Crippen LogP contribution in [0.5, 0.6) is 0 Å². The summed E-state index contributed by atoms with van der Waals surface area (Å²) in [5.41, 5.74) is 7.03. The van der Waals surface area contributed by atoms with Crippen molar-refractivity contribution in [1.82, 2.24) is 5.32 Å². The Morgan fingerprint density at radius 1 is 1.32 bits per heavy atom. The van der Waals surface area contributed by atoms with Crippen molar-refractivity contribution in [3.63, 3.8) is 0 Å². The Labute approximate surface area is 115 Å². The minimum atomic E-state index is -0.398. The highest BCUT2D eigenvalue weighted by atomic mass is 16.2. The second-order valence-corrected chi connectivity index (χ2v) is 5.66. The first kappa shape index (κ1) is 15.7. The Kier molecular flexibility index (Phi) is 5.99. The molecule has 1 aromatic carbocycles. The van der Waals surface area contributed by atoms with Crippen molar-refractivity contribution in [2.45, 2.75) is 33.2 Å². The number of hydrogen-bond acceptors (Lipinski definition) is 3. The fourth-order valence-corrected chi connectivity index (χ4v) is 1.98. The number of benzene rings is 1. The van der Waals surface area contributed by atoms with Crippen LogP contribution in [0.2, 0.25) is 0 Å². The van der Waals surface area contributed by atoms with E-state index in [1.807, 2.05) is 12.1 Å². The lowest BCUT2D eigenvalue weighted by Crippen LogP contribution is -2.29. The number of nitrogens with one attached hydrogen (secondary N) is 1. The largest absolute Gasteiger partial charge is 0.396 e. The van der Waals surface area contributed by atoms with E-state index in [1.54, 1.807) is 12.1 Å². The van der Waals surface area contributed by atoms with Crippen molar-refractivity contribution in [2.24, 2.45) is 11.1 Å². The summed E-state index contributed by atoms with van der Waals surface area (Å²) in [6.07, 6.45) is 1.83. The lowest BCUT2D eigenvalue weighted by Gasteiger charge is -2.24. The van der Waals surface area contributed by atoms with Crippen molar-refractivity contribution in [3.8, 4) is 0 Å². The number of amides is 1. The molecule has 1 aromatic rings. The summed E-state index contributed by atoms with van der Waals surface area (Å²) in [6, 6.07) is 7.31. The van der Waals surface area contributed by atoms with E-state index in [0.29, 0.717) is 5.56 Å². The van der Waals surface area contributed by atoms with Crippen LogP contribution >= 0.6 is 0 Å². The van der Waals surface area contributed by atoms with E-state index in [4.69, 9.17) is 10.8 Å². The molecule has 4 nitrogen and oxygen atoms in total. The quantitative estimate of drug-likeness (QED) is 0.668. The van der Waals surface area contributed by atoms with Gasteiger partial charge in [-0.2, -0.15) is 0 Å². The van der Waals surface area contributed by atoms with Gasteiger partial charge in [-0.3, -0.25) is 4.79 Å². The first-order chi connectivity index (χ1) is 8.94. The molecule has 4 heteroatoms. The standard InChI is InChI=1S/C15H24N2O2/c1-15(2,8-3-9-18)11-17-10-12-4-6-13(7-5-12)14(16)19/h4-7,17-18H,3,8-11H2,1-2H3,(H2,16,19). The maximum absolute atomic E-state index is 10.9. The molecule has 0 saturated heterocycles. The summed E-state index contributed by atoms with van der Waals surface area (Å²) in [7, 11) is 0. The molecule has 0 aromatic heterocycles. The average molecular weight is 264 g/mol. The Bertz CT molecular complexity index is 399. The van der Waals surface area contributed by atoms with Gasteiger partial charge in [0.05, 0.1) is 0 Å². The molecule has 1 rings (SSSR count). The number of carbonyl (C=O) groups excluding carboxylic acids is 1. The zero-order valence-electron chi connectivity index (χ0n) is 11.8. The smallest absolute Gasteiger partial charge is 0.248 e. The third kappa shape index (κ3) is 5.85. The number of aliphatic hydroxyl groups excluding tert-OH is 1. The van der Waals surface area contributed by atoms with Gasteiger partial charge in [0.2, 0.25) is 5.91 Å². The lowest BCUT2D eigenvalue weighted by atomic mass is 9.88. The summed E-state index contributed by atoms with van der Waals surface area (Å²) in [6.45, 7) is 6.28. The van der Waals surface area contributed by atoms with Gasteiger partial charge >= 0.3 is 0 Å². The molecule has 0 heterocycles. The van der Waals surface area contributed by atoms with E-state index in [9.17, 15) is 4.79 Å². The average Bonchev–Trinajstić information content (AvgIpc) is 2.37. The summed E-state index contributed by atoms with van der Waals surface area (Å²) in [5, 5.41) is 12.2. The van der Waals surface area contributed by atoms with Gasteiger partial charge in [0, 0.05) is 25.3 Å². The summed E-state index contributed by atoms with van der Waals surface area (Å²) < 4.78 is 0. The van der Waals surface area contributed by atoms with Crippen LogP contribution in [0.4, 0.5) is 0 Å². The van der Waals surface area contributed by atoms with Crippen LogP contribution in [-0.4, -0.2) is 24.2 Å². The van der Waals surface area contributed by atoms with Crippen molar-refractivity contribution in [3.05, 3.63) is 35.4 Å². The second kappa shape index (κ2) is 7.26. The third-order valence-corrected chi connectivity index (χ3v) is 3.18. The van der Waals surface area contributed by atoms with Crippen molar-refractivity contribution in [2.75, 3.05) is 13.2 Å². The number of nitrogens with two attached hydrogens (primary N) is 1. The highest BCUT2D eigenvalue weighted by Crippen LogP contribution is 2.20. The highest BCUT2D eigenvalue weighted by molar-refractivity contribution is 5.92. The summed E-state index contributed by atoms with van der Waals surface area (Å²) >= 11 is 0.